The molecule has 1 aromatic carbocycles. The van der Waals surface area contributed by atoms with Gasteiger partial charge in [0, 0.05) is 5.69 Å². The molecular formula is C11H12F3NO. The van der Waals surface area contributed by atoms with Crippen molar-refractivity contribution in [2.75, 3.05) is 11.9 Å². The quantitative estimate of drug-likeness (QED) is 0.778. The average molecular weight is 231 g/mol. The van der Waals surface area contributed by atoms with Gasteiger partial charge in [0.05, 0.1) is 17.7 Å². The van der Waals surface area contributed by atoms with Crippen molar-refractivity contribution in [3.63, 3.8) is 0 Å². The first-order valence-electron chi connectivity index (χ1n) is 4.94. The molecule has 2 nitrogen and oxygen atoms in total. The third-order valence-electron chi connectivity index (χ3n) is 2.83. The van der Waals surface area contributed by atoms with Gasteiger partial charge in [-0.05, 0) is 31.0 Å². The van der Waals surface area contributed by atoms with Crippen molar-refractivity contribution in [3.8, 4) is 0 Å². The van der Waals surface area contributed by atoms with Gasteiger partial charge in [0.15, 0.2) is 0 Å². The lowest BCUT2D eigenvalue weighted by atomic mass is 9.95. The number of rotatable bonds is 1. The van der Waals surface area contributed by atoms with Crippen LogP contribution in [-0.2, 0) is 12.6 Å². The summed E-state index contributed by atoms with van der Waals surface area (Å²) in [6.07, 6.45) is -4.15. The molecule has 1 atom stereocenters. The molecular weight excluding hydrogens is 219 g/mol. The second kappa shape index (κ2) is 3.38. The van der Waals surface area contributed by atoms with E-state index in [1.807, 2.05) is 0 Å². The average Bonchev–Trinajstić information content (AvgIpc) is 2.53. The van der Waals surface area contributed by atoms with Crippen molar-refractivity contribution < 1.29 is 18.3 Å². The van der Waals surface area contributed by atoms with Crippen molar-refractivity contribution in [2.45, 2.75) is 25.1 Å². The zero-order chi connectivity index (χ0) is 12.0. The van der Waals surface area contributed by atoms with E-state index in [2.05, 4.69) is 5.32 Å². The molecule has 0 amide bonds. The lowest BCUT2D eigenvalue weighted by Gasteiger charge is -2.21. The van der Waals surface area contributed by atoms with Crippen molar-refractivity contribution in [1.29, 1.82) is 0 Å². The number of benzene rings is 1. The molecule has 1 heterocycles. The van der Waals surface area contributed by atoms with E-state index in [1.54, 1.807) is 13.0 Å². The van der Waals surface area contributed by atoms with Crippen LogP contribution in [0.2, 0.25) is 0 Å². The Kier molecular flexibility index (Phi) is 2.38. The summed E-state index contributed by atoms with van der Waals surface area (Å²) in [5, 5.41) is 12.1. The van der Waals surface area contributed by atoms with E-state index in [9.17, 15) is 13.2 Å². The van der Waals surface area contributed by atoms with E-state index in [1.165, 1.54) is 6.07 Å². The molecule has 16 heavy (non-hydrogen) atoms. The monoisotopic (exact) mass is 231 g/mol. The normalized spacial score (nSPS) is 24.1. The van der Waals surface area contributed by atoms with Gasteiger partial charge in [0.25, 0.3) is 0 Å². The second-order valence-electron chi connectivity index (χ2n) is 4.35. The van der Waals surface area contributed by atoms with Gasteiger partial charge in [0.1, 0.15) is 0 Å². The number of halogens is 3. The third-order valence-corrected chi connectivity index (χ3v) is 2.83. The maximum absolute atomic E-state index is 12.7. The van der Waals surface area contributed by atoms with Crippen LogP contribution in [0.4, 0.5) is 18.9 Å². The molecule has 0 radical (unpaired) electrons. The third kappa shape index (κ3) is 1.75. The molecule has 2 rings (SSSR count). The molecule has 0 spiro atoms. The maximum atomic E-state index is 12.7. The summed E-state index contributed by atoms with van der Waals surface area (Å²) in [6, 6.07) is 4.05. The zero-order valence-corrected chi connectivity index (χ0v) is 8.73. The number of aliphatic hydroxyl groups is 1. The van der Waals surface area contributed by atoms with Crippen molar-refractivity contribution in [3.05, 3.63) is 29.3 Å². The van der Waals surface area contributed by atoms with E-state index in [4.69, 9.17) is 5.11 Å². The highest BCUT2D eigenvalue weighted by molar-refractivity contribution is 5.62. The first-order chi connectivity index (χ1) is 7.36. The minimum Gasteiger partial charge on any atom is -0.394 e. The minimum atomic E-state index is -4.34. The standard InChI is InChI=1S/C11H12F3NO/c1-10(6-16)5-7-8(11(12,13)14)3-2-4-9(7)15-10/h2-4,15-16H,5-6H2,1H3. The molecule has 1 aliphatic rings. The Morgan fingerprint density at radius 1 is 1.44 bits per heavy atom. The van der Waals surface area contributed by atoms with Gasteiger partial charge in [-0.2, -0.15) is 13.2 Å². The van der Waals surface area contributed by atoms with E-state index >= 15 is 0 Å². The Morgan fingerprint density at radius 2 is 2.12 bits per heavy atom. The summed E-state index contributed by atoms with van der Waals surface area (Å²) in [4.78, 5) is 0. The SMILES string of the molecule is CC1(CO)Cc2c(cccc2C(F)(F)F)N1. The molecule has 1 unspecified atom stereocenters. The van der Waals surface area contributed by atoms with Crippen LogP contribution < -0.4 is 5.32 Å². The van der Waals surface area contributed by atoms with Crippen molar-refractivity contribution in [1.82, 2.24) is 0 Å². The molecule has 0 aliphatic carbocycles. The van der Waals surface area contributed by atoms with Gasteiger partial charge in [-0.3, -0.25) is 0 Å². The molecule has 0 saturated heterocycles. The Balaban J connectivity index is 2.47. The maximum Gasteiger partial charge on any atom is 0.416 e. The van der Waals surface area contributed by atoms with Crippen LogP contribution in [0.5, 0.6) is 0 Å². The zero-order valence-electron chi connectivity index (χ0n) is 8.73. The van der Waals surface area contributed by atoms with Gasteiger partial charge >= 0.3 is 6.18 Å². The number of aliphatic hydroxyl groups excluding tert-OH is 1. The highest BCUT2D eigenvalue weighted by atomic mass is 19.4. The molecule has 0 bridgehead atoms. The van der Waals surface area contributed by atoms with E-state index in [-0.39, 0.29) is 18.6 Å². The first-order valence-corrected chi connectivity index (χ1v) is 4.94. The fraction of sp³-hybridized carbons (Fsp3) is 0.455. The van der Waals surface area contributed by atoms with Gasteiger partial charge in [-0.25, -0.2) is 0 Å². The highest BCUT2D eigenvalue weighted by Gasteiger charge is 2.40. The van der Waals surface area contributed by atoms with Crippen LogP contribution in [0, 0.1) is 0 Å². The Bertz CT molecular complexity index is 416. The number of nitrogens with one attached hydrogen (secondary N) is 1. The number of fused-ring (bicyclic) bond motifs is 1. The van der Waals surface area contributed by atoms with Crippen LogP contribution in [0.1, 0.15) is 18.1 Å². The fourth-order valence-corrected chi connectivity index (χ4v) is 2.01. The van der Waals surface area contributed by atoms with Gasteiger partial charge in [-0.15, -0.1) is 0 Å². The predicted molar refractivity (Wildman–Crippen MR) is 54.3 cm³/mol. The van der Waals surface area contributed by atoms with Gasteiger partial charge < -0.3 is 10.4 Å². The van der Waals surface area contributed by atoms with Crippen LogP contribution in [0.15, 0.2) is 18.2 Å². The molecule has 0 aromatic heterocycles. The molecule has 0 fully saturated rings. The fourth-order valence-electron chi connectivity index (χ4n) is 2.01. The summed E-state index contributed by atoms with van der Waals surface area (Å²) in [6.45, 7) is 1.51. The Morgan fingerprint density at radius 3 is 2.69 bits per heavy atom. The van der Waals surface area contributed by atoms with Crippen LogP contribution >= 0.6 is 0 Å². The smallest absolute Gasteiger partial charge is 0.394 e. The summed E-state index contributed by atoms with van der Waals surface area (Å²) in [5.41, 5.74) is -0.600. The summed E-state index contributed by atoms with van der Waals surface area (Å²) >= 11 is 0. The Hall–Kier alpha value is -1.23. The van der Waals surface area contributed by atoms with E-state index in [0.717, 1.165) is 6.07 Å². The Labute approximate surface area is 91.1 Å². The second-order valence-corrected chi connectivity index (χ2v) is 4.35. The minimum absolute atomic E-state index is 0.189. The number of anilines is 1. The van der Waals surface area contributed by atoms with Crippen molar-refractivity contribution >= 4 is 5.69 Å². The lowest BCUT2D eigenvalue weighted by molar-refractivity contribution is -0.138. The summed E-state index contributed by atoms with van der Waals surface area (Å²) in [7, 11) is 0. The summed E-state index contributed by atoms with van der Waals surface area (Å²) in [5.74, 6) is 0. The first kappa shape index (κ1) is 11.3. The molecule has 5 heteroatoms. The van der Waals surface area contributed by atoms with E-state index < -0.39 is 17.3 Å². The molecule has 88 valence electrons. The molecule has 0 saturated carbocycles. The van der Waals surface area contributed by atoms with Gasteiger partial charge in [0.2, 0.25) is 0 Å². The largest absolute Gasteiger partial charge is 0.416 e. The van der Waals surface area contributed by atoms with E-state index in [0.29, 0.717) is 5.69 Å². The lowest BCUT2D eigenvalue weighted by Crippen LogP contribution is -2.36. The van der Waals surface area contributed by atoms with Crippen molar-refractivity contribution in [2.24, 2.45) is 0 Å². The number of hydrogen-bond donors (Lipinski definition) is 2. The molecule has 2 N–H and O–H groups in total. The highest BCUT2D eigenvalue weighted by Crippen LogP contribution is 2.41. The predicted octanol–water partition coefficient (Wildman–Crippen LogP) is 2.42. The topological polar surface area (TPSA) is 32.3 Å². The van der Waals surface area contributed by atoms with Crippen LogP contribution in [0.25, 0.3) is 0 Å². The summed E-state index contributed by atoms with van der Waals surface area (Å²) < 4.78 is 38.1. The van der Waals surface area contributed by atoms with Crippen LogP contribution in [0.3, 0.4) is 0 Å². The molecule has 1 aromatic rings. The number of alkyl halides is 3. The molecule has 1 aliphatic heterocycles. The number of hydrogen-bond acceptors (Lipinski definition) is 2. The van der Waals surface area contributed by atoms with Gasteiger partial charge in [-0.1, -0.05) is 6.07 Å². The van der Waals surface area contributed by atoms with Crippen LogP contribution in [-0.4, -0.2) is 17.3 Å².